The first-order valence-corrected chi connectivity index (χ1v) is 13.4. The van der Waals surface area contributed by atoms with Gasteiger partial charge in [-0.05, 0) is 114 Å². The fraction of sp³-hybridized carbons (Fsp3) is 0.833. The van der Waals surface area contributed by atoms with Crippen molar-refractivity contribution in [3.05, 3.63) is 24.3 Å². The number of hydrogen-bond donors (Lipinski definition) is 1. The summed E-state index contributed by atoms with van der Waals surface area (Å²) >= 11 is 0. The van der Waals surface area contributed by atoms with Gasteiger partial charge in [-0.2, -0.15) is 0 Å². The summed E-state index contributed by atoms with van der Waals surface area (Å²) in [4.78, 5) is 12.8. The van der Waals surface area contributed by atoms with Gasteiger partial charge in [0.25, 0.3) is 0 Å². The van der Waals surface area contributed by atoms with Crippen LogP contribution in [0.25, 0.3) is 0 Å². The standard InChI is InChI=1S/C30H46O2/c1-19(18-31)20-10-13-27(4)16-17-29(6)21(25(20)27)8-9-23-28(5)14-12-24(32)26(2,3)22(28)11-15-30(23,29)7/h12,14,20-23,25,31H,1,8-11,13,15-18H2,2-7H3/t20-,21+,22?,23?,25+,27+,28-,29+,30+/m0/s1. The van der Waals surface area contributed by atoms with Crippen LogP contribution in [0, 0.1) is 56.7 Å². The van der Waals surface area contributed by atoms with E-state index < -0.39 is 0 Å². The predicted molar refractivity (Wildman–Crippen MR) is 131 cm³/mol. The molecule has 5 aliphatic carbocycles. The Bertz CT molecular complexity index is 868. The Kier molecular flexibility index (Phi) is 4.89. The average Bonchev–Trinajstić information content (AvgIpc) is 3.09. The number of rotatable bonds is 2. The summed E-state index contributed by atoms with van der Waals surface area (Å²) in [6, 6.07) is 0. The van der Waals surface area contributed by atoms with E-state index in [0.717, 1.165) is 11.5 Å². The van der Waals surface area contributed by atoms with Crippen LogP contribution in [0.1, 0.15) is 92.9 Å². The number of allylic oxidation sites excluding steroid dienone is 2. The zero-order valence-corrected chi connectivity index (χ0v) is 21.5. The van der Waals surface area contributed by atoms with E-state index in [4.69, 9.17) is 0 Å². The first-order chi connectivity index (χ1) is 14.8. The van der Waals surface area contributed by atoms with Gasteiger partial charge < -0.3 is 5.11 Å². The first-order valence-electron chi connectivity index (χ1n) is 13.4. The van der Waals surface area contributed by atoms with Crippen LogP contribution in [0.5, 0.6) is 0 Å². The maximum Gasteiger partial charge on any atom is 0.161 e. The quantitative estimate of drug-likeness (QED) is 0.472. The Hall–Kier alpha value is -0.890. The van der Waals surface area contributed by atoms with Gasteiger partial charge in [0.15, 0.2) is 5.78 Å². The van der Waals surface area contributed by atoms with Gasteiger partial charge in [0.2, 0.25) is 0 Å². The van der Waals surface area contributed by atoms with E-state index in [1.165, 1.54) is 51.4 Å². The molecular weight excluding hydrogens is 392 g/mol. The van der Waals surface area contributed by atoms with Crippen LogP contribution < -0.4 is 0 Å². The van der Waals surface area contributed by atoms with Crippen molar-refractivity contribution in [2.75, 3.05) is 6.61 Å². The van der Waals surface area contributed by atoms with Gasteiger partial charge in [0.05, 0.1) is 6.61 Å². The monoisotopic (exact) mass is 438 g/mol. The second-order valence-corrected chi connectivity index (χ2v) is 14.1. The molecular formula is C30H46O2. The Balaban J connectivity index is 1.56. The van der Waals surface area contributed by atoms with E-state index in [9.17, 15) is 9.90 Å². The highest BCUT2D eigenvalue weighted by atomic mass is 16.3. The lowest BCUT2D eigenvalue weighted by Gasteiger charge is -2.71. The molecule has 0 aliphatic heterocycles. The number of carbonyl (C=O) groups is 1. The molecule has 0 radical (unpaired) electrons. The normalized spacial score (nSPS) is 53.7. The van der Waals surface area contributed by atoms with Crippen molar-refractivity contribution in [3.8, 4) is 0 Å². The minimum atomic E-state index is -0.247. The number of aliphatic hydroxyl groups is 1. The minimum absolute atomic E-state index is 0.114. The summed E-state index contributed by atoms with van der Waals surface area (Å²) in [5.74, 6) is 3.31. The maximum atomic E-state index is 12.8. The lowest BCUT2D eigenvalue weighted by Crippen LogP contribution is -2.65. The van der Waals surface area contributed by atoms with Crippen LogP contribution in [-0.2, 0) is 4.79 Å². The molecule has 2 nitrogen and oxygen atoms in total. The zero-order valence-electron chi connectivity index (χ0n) is 21.5. The van der Waals surface area contributed by atoms with Crippen LogP contribution in [0.2, 0.25) is 0 Å². The Morgan fingerprint density at radius 3 is 2.34 bits per heavy atom. The zero-order chi connectivity index (χ0) is 23.3. The molecule has 2 heteroatoms. The number of aliphatic hydroxyl groups excluding tert-OH is 1. The van der Waals surface area contributed by atoms with Gasteiger partial charge in [0, 0.05) is 5.41 Å². The molecule has 0 amide bonds. The fourth-order valence-electron chi connectivity index (χ4n) is 10.8. The molecule has 0 aromatic heterocycles. The summed E-state index contributed by atoms with van der Waals surface area (Å²) in [5.41, 5.74) is 1.99. The highest BCUT2D eigenvalue weighted by molar-refractivity contribution is 5.95. The van der Waals surface area contributed by atoms with E-state index in [2.05, 4.69) is 54.2 Å². The largest absolute Gasteiger partial charge is 0.392 e. The molecule has 32 heavy (non-hydrogen) atoms. The minimum Gasteiger partial charge on any atom is -0.392 e. The van der Waals surface area contributed by atoms with Crippen LogP contribution in [0.3, 0.4) is 0 Å². The number of carbonyl (C=O) groups excluding carboxylic acids is 1. The summed E-state index contributed by atoms with van der Waals surface area (Å²) < 4.78 is 0. The Morgan fingerprint density at radius 1 is 0.938 bits per heavy atom. The molecule has 4 saturated carbocycles. The molecule has 1 N–H and O–H groups in total. The van der Waals surface area contributed by atoms with Crippen molar-refractivity contribution < 1.29 is 9.90 Å². The topological polar surface area (TPSA) is 37.3 Å². The molecule has 0 bridgehead atoms. The van der Waals surface area contributed by atoms with Gasteiger partial charge in [-0.25, -0.2) is 0 Å². The number of ketones is 1. The van der Waals surface area contributed by atoms with Crippen molar-refractivity contribution >= 4 is 5.78 Å². The van der Waals surface area contributed by atoms with Gasteiger partial charge in [-0.3, -0.25) is 4.79 Å². The van der Waals surface area contributed by atoms with Crippen LogP contribution in [0.15, 0.2) is 24.3 Å². The molecule has 4 fully saturated rings. The number of hydrogen-bond acceptors (Lipinski definition) is 2. The second-order valence-electron chi connectivity index (χ2n) is 14.1. The highest BCUT2D eigenvalue weighted by Crippen LogP contribution is 2.76. The smallest absolute Gasteiger partial charge is 0.161 e. The van der Waals surface area contributed by atoms with Gasteiger partial charge in [-0.1, -0.05) is 54.2 Å². The third-order valence-corrected chi connectivity index (χ3v) is 12.9. The average molecular weight is 439 g/mol. The third-order valence-electron chi connectivity index (χ3n) is 12.9. The van der Waals surface area contributed by atoms with Gasteiger partial charge >= 0.3 is 0 Å². The van der Waals surface area contributed by atoms with Crippen molar-refractivity contribution in [1.29, 1.82) is 0 Å². The summed E-state index contributed by atoms with van der Waals surface area (Å²) in [5, 5.41) is 9.97. The maximum absolute atomic E-state index is 12.8. The fourth-order valence-corrected chi connectivity index (χ4v) is 10.8. The summed E-state index contributed by atoms with van der Waals surface area (Å²) in [7, 11) is 0. The van der Waals surface area contributed by atoms with E-state index in [1.54, 1.807) is 0 Å². The molecule has 0 aromatic carbocycles. The van der Waals surface area contributed by atoms with E-state index in [1.807, 2.05) is 6.08 Å². The second kappa shape index (κ2) is 6.83. The molecule has 9 atom stereocenters. The molecule has 0 spiro atoms. The Morgan fingerprint density at radius 2 is 1.66 bits per heavy atom. The molecule has 0 saturated heterocycles. The van der Waals surface area contributed by atoms with E-state index >= 15 is 0 Å². The Labute approximate surface area is 196 Å². The highest BCUT2D eigenvalue weighted by Gasteiger charge is 2.69. The summed E-state index contributed by atoms with van der Waals surface area (Å²) in [6.45, 7) is 19.2. The number of fused-ring (bicyclic) bond motifs is 7. The van der Waals surface area contributed by atoms with Gasteiger partial charge in [0.1, 0.15) is 0 Å². The summed E-state index contributed by atoms with van der Waals surface area (Å²) in [6.07, 6.45) is 14.5. The van der Waals surface area contributed by atoms with Crippen LogP contribution in [0.4, 0.5) is 0 Å². The van der Waals surface area contributed by atoms with Crippen molar-refractivity contribution in [1.82, 2.24) is 0 Å². The van der Waals surface area contributed by atoms with E-state index in [0.29, 0.717) is 45.7 Å². The third kappa shape index (κ3) is 2.60. The molecule has 178 valence electrons. The van der Waals surface area contributed by atoms with Crippen LogP contribution in [-0.4, -0.2) is 17.5 Å². The lowest BCUT2D eigenvalue weighted by atomic mass is 9.33. The molecule has 0 aromatic rings. The molecule has 5 rings (SSSR count). The van der Waals surface area contributed by atoms with Gasteiger partial charge in [-0.15, -0.1) is 0 Å². The van der Waals surface area contributed by atoms with Crippen molar-refractivity contribution in [2.24, 2.45) is 56.7 Å². The first kappa shape index (κ1) is 22.9. The van der Waals surface area contributed by atoms with Crippen molar-refractivity contribution in [2.45, 2.75) is 92.9 Å². The molecule has 5 aliphatic rings. The lowest BCUT2D eigenvalue weighted by molar-refractivity contribution is -0.216. The SMILES string of the molecule is C=C(CO)[C@@H]1CC[C@]2(C)CC[C@]3(C)[C@H](CCC4[C@@]5(C)C=CC(=O)C(C)(C)C5CC[C@]43C)[C@@H]12. The van der Waals surface area contributed by atoms with Crippen LogP contribution >= 0.6 is 0 Å². The van der Waals surface area contributed by atoms with E-state index in [-0.39, 0.29) is 17.4 Å². The van der Waals surface area contributed by atoms with Crippen molar-refractivity contribution in [3.63, 3.8) is 0 Å². The predicted octanol–water partition coefficient (Wildman–Crippen LogP) is 6.98. The molecule has 0 heterocycles. The molecule has 2 unspecified atom stereocenters.